The van der Waals surface area contributed by atoms with Crippen molar-refractivity contribution in [1.29, 1.82) is 0 Å². The van der Waals surface area contributed by atoms with Gasteiger partial charge in [-0.2, -0.15) is 0 Å². The van der Waals surface area contributed by atoms with Gasteiger partial charge >= 0.3 is 0 Å². The summed E-state index contributed by atoms with van der Waals surface area (Å²) in [6.07, 6.45) is 0. The Bertz CT molecular complexity index is 382. The van der Waals surface area contributed by atoms with Gasteiger partial charge in [0.1, 0.15) is 0 Å². The van der Waals surface area contributed by atoms with Gasteiger partial charge in [0.25, 0.3) is 0 Å². The summed E-state index contributed by atoms with van der Waals surface area (Å²) >= 11 is 0. The summed E-state index contributed by atoms with van der Waals surface area (Å²) in [4.78, 5) is 11.3. The zero-order chi connectivity index (χ0) is 14.9. The second-order valence-corrected chi connectivity index (χ2v) is 3.30. The topological polar surface area (TPSA) is 46.5 Å². The van der Waals surface area contributed by atoms with Crippen LogP contribution in [0.1, 0.15) is 56.1 Å². The number of ketones is 1. The van der Waals surface area contributed by atoms with E-state index in [1.54, 1.807) is 19.9 Å². The van der Waals surface area contributed by atoms with Crippen LogP contribution in [0.25, 0.3) is 0 Å². The molecule has 0 aliphatic carbocycles. The van der Waals surface area contributed by atoms with Gasteiger partial charge in [-0.05, 0) is 32.4 Å². The van der Waals surface area contributed by atoms with E-state index in [2.05, 4.69) is 0 Å². The van der Waals surface area contributed by atoms with Crippen LogP contribution in [-0.4, -0.2) is 18.0 Å². The van der Waals surface area contributed by atoms with Gasteiger partial charge in [0.15, 0.2) is 17.3 Å². The molecule has 1 aromatic carbocycles. The summed E-state index contributed by atoms with van der Waals surface area (Å²) in [6.45, 7) is 13.0. The van der Waals surface area contributed by atoms with Crippen LogP contribution < -0.4 is 4.74 Å². The number of phenolic OH excluding ortho intramolecular Hbond substituents is 1. The third-order valence-corrected chi connectivity index (χ3v) is 2.28. The zero-order valence-electron chi connectivity index (χ0n) is 12.8. The summed E-state index contributed by atoms with van der Waals surface area (Å²) in [5.74, 6) is 0.467. The monoisotopic (exact) mass is 254 g/mol. The minimum Gasteiger partial charge on any atom is -0.504 e. The van der Waals surface area contributed by atoms with Crippen molar-refractivity contribution in [3.8, 4) is 11.5 Å². The van der Waals surface area contributed by atoms with Gasteiger partial charge in [0, 0.05) is 11.1 Å². The Morgan fingerprint density at radius 3 is 1.94 bits per heavy atom. The molecule has 0 atom stereocenters. The first-order valence-corrected chi connectivity index (χ1v) is 6.37. The van der Waals surface area contributed by atoms with E-state index < -0.39 is 0 Å². The van der Waals surface area contributed by atoms with Crippen LogP contribution in [0.15, 0.2) is 6.07 Å². The van der Waals surface area contributed by atoms with Crippen LogP contribution >= 0.6 is 0 Å². The number of carbonyl (C=O) groups excluding carboxylic acids is 1. The van der Waals surface area contributed by atoms with E-state index in [1.807, 2.05) is 27.7 Å². The van der Waals surface area contributed by atoms with Crippen molar-refractivity contribution < 1.29 is 14.6 Å². The fourth-order valence-corrected chi connectivity index (χ4v) is 1.49. The standard InChI is InChI=1S/C11H14O3.2C2H6/c1-6-5-9(8(3)12)7(2)11(14-4)10(6)13;2*1-2/h5,13H,1-4H3;2*1-2H3. The van der Waals surface area contributed by atoms with Crippen LogP contribution in [-0.2, 0) is 0 Å². The Kier molecular flexibility index (Phi) is 9.96. The maximum atomic E-state index is 11.3. The van der Waals surface area contributed by atoms with Gasteiger partial charge in [-0.1, -0.05) is 27.7 Å². The summed E-state index contributed by atoms with van der Waals surface area (Å²) in [6, 6.07) is 1.68. The second kappa shape index (κ2) is 9.51. The first kappa shape index (κ1) is 18.8. The molecule has 1 N–H and O–H groups in total. The highest BCUT2D eigenvalue weighted by Crippen LogP contribution is 2.35. The number of benzene rings is 1. The van der Waals surface area contributed by atoms with Crippen molar-refractivity contribution in [2.45, 2.75) is 48.5 Å². The lowest BCUT2D eigenvalue weighted by atomic mass is 10.0. The highest BCUT2D eigenvalue weighted by Gasteiger charge is 2.15. The molecule has 0 saturated carbocycles. The van der Waals surface area contributed by atoms with Gasteiger partial charge in [-0.25, -0.2) is 0 Å². The Morgan fingerprint density at radius 2 is 1.61 bits per heavy atom. The van der Waals surface area contributed by atoms with E-state index in [9.17, 15) is 9.90 Å². The molecule has 1 aromatic rings. The van der Waals surface area contributed by atoms with Crippen LogP contribution in [0.5, 0.6) is 11.5 Å². The molecule has 0 saturated heterocycles. The predicted octanol–water partition coefficient (Wildman–Crippen LogP) is 4.27. The summed E-state index contributed by atoms with van der Waals surface area (Å²) in [7, 11) is 1.48. The Labute approximate surface area is 111 Å². The third kappa shape index (κ3) is 4.40. The summed E-state index contributed by atoms with van der Waals surface area (Å²) in [5, 5.41) is 9.65. The van der Waals surface area contributed by atoms with Crippen LogP contribution in [0.2, 0.25) is 0 Å². The van der Waals surface area contributed by atoms with Crippen LogP contribution in [0.4, 0.5) is 0 Å². The Morgan fingerprint density at radius 1 is 1.17 bits per heavy atom. The zero-order valence-corrected chi connectivity index (χ0v) is 12.8. The first-order chi connectivity index (χ1) is 8.49. The molecule has 0 aliphatic rings. The van der Waals surface area contributed by atoms with Gasteiger partial charge in [0.2, 0.25) is 0 Å². The van der Waals surface area contributed by atoms with Crippen molar-refractivity contribution in [1.82, 2.24) is 0 Å². The maximum Gasteiger partial charge on any atom is 0.164 e. The van der Waals surface area contributed by atoms with E-state index >= 15 is 0 Å². The summed E-state index contributed by atoms with van der Waals surface area (Å²) < 4.78 is 5.05. The largest absolute Gasteiger partial charge is 0.504 e. The minimum absolute atomic E-state index is 0.0242. The average molecular weight is 254 g/mol. The SMILES string of the molecule is CC.CC.COc1c(C)c(C(C)=O)cc(C)c1O. The highest BCUT2D eigenvalue weighted by molar-refractivity contribution is 5.96. The molecule has 104 valence electrons. The fraction of sp³-hybridized carbons (Fsp3) is 0.533. The predicted molar refractivity (Wildman–Crippen MR) is 76.8 cm³/mol. The smallest absolute Gasteiger partial charge is 0.164 e. The number of hydrogen-bond donors (Lipinski definition) is 1. The lowest BCUT2D eigenvalue weighted by molar-refractivity contribution is 0.101. The van der Waals surface area contributed by atoms with Gasteiger partial charge < -0.3 is 9.84 Å². The second-order valence-electron chi connectivity index (χ2n) is 3.30. The molecule has 0 unspecified atom stereocenters. The number of phenols is 1. The number of aryl methyl sites for hydroxylation is 1. The highest BCUT2D eigenvalue weighted by atomic mass is 16.5. The lowest BCUT2D eigenvalue weighted by Crippen LogP contribution is -2.00. The van der Waals surface area contributed by atoms with E-state index in [0.29, 0.717) is 22.4 Å². The number of rotatable bonds is 2. The molecule has 3 nitrogen and oxygen atoms in total. The molecule has 0 bridgehead atoms. The molecule has 0 aliphatic heterocycles. The molecule has 0 heterocycles. The van der Waals surface area contributed by atoms with Crippen molar-refractivity contribution in [3.05, 3.63) is 22.8 Å². The Hall–Kier alpha value is -1.51. The van der Waals surface area contributed by atoms with Crippen molar-refractivity contribution in [2.24, 2.45) is 0 Å². The van der Waals surface area contributed by atoms with Gasteiger partial charge in [-0.3, -0.25) is 4.79 Å². The van der Waals surface area contributed by atoms with Gasteiger partial charge in [-0.15, -0.1) is 0 Å². The lowest BCUT2D eigenvalue weighted by Gasteiger charge is -2.12. The molecule has 1 rings (SSSR count). The van der Waals surface area contributed by atoms with Crippen molar-refractivity contribution in [3.63, 3.8) is 0 Å². The molecule has 0 spiro atoms. The van der Waals surface area contributed by atoms with E-state index in [4.69, 9.17) is 4.74 Å². The van der Waals surface area contributed by atoms with Crippen LogP contribution in [0.3, 0.4) is 0 Å². The minimum atomic E-state index is -0.0242. The number of hydrogen-bond acceptors (Lipinski definition) is 3. The Balaban J connectivity index is 0. The number of Topliss-reactive ketones (excluding diaryl/α,β-unsaturated/α-hetero) is 1. The molecule has 0 radical (unpaired) electrons. The third-order valence-electron chi connectivity index (χ3n) is 2.28. The molecular weight excluding hydrogens is 228 g/mol. The first-order valence-electron chi connectivity index (χ1n) is 6.37. The molecular formula is C15H26O3. The molecule has 3 heteroatoms. The van der Waals surface area contributed by atoms with E-state index in [-0.39, 0.29) is 11.5 Å². The number of methoxy groups -OCH3 is 1. The fourth-order valence-electron chi connectivity index (χ4n) is 1.49. The maximum absolute atomic E-state index is 11.3. The number of aromatic hydroxyl groups is 1. The van der Waals surface area contributed by atoms with Gasteiger partial charge in [0.05, 0.1) is 7.11 Å². The summed E-state index contributed by atoms with van der Waals surface area (Å²) in [5.41, 5.74) is 1.93. The number of ether oxygens (including phenoxy) is 1. The molecule has 0 amide bonds. The molecule has 0 fully saturated rings. The molecule has 0 aromatic heterocycles. The van der Waals surface area contributed by atoms with E-state index in [1.165, 1.54) is 14.0 Å². The van der Waals surface area contributed by atoms with Crippen molar-refractivity contribution in [2.75, 3.05) is 7.11 Å². The quantitative estimate of drug-likeness (QED) is 0.801. The van der Waals surface area contributed by atoms with E-state index in [0.717, 1.165) is 0 Å². The number of carbonyl (C=O) groups is 1. The molecule has 18 heavy (non-hydrogen) atoms. The normalized spacial score (nSPS) is 8.44. The van der Waals surface area contributed by atoms with Crippen molar-refractivity contribution >= 4 is 5.78 Å². The average Bonchev–Trinajstić information content (AvgIpc) is 2.39. The van der Waals surface area contributed by atoms with Crippen LogP contribution in [0, 0.1) is 13.8 Å².